The molecule has 0 spiro atoms. The molecular weight excluding hydrogens is 372 g/mol. The van der Waals surface area contributed by atoms with Gasteiger partial charge in [-0.1, -0.05) is 0 Å². The molecule has 1 aromatic heterocycles. The maximum atomic E-state index is 12.9. The van der Waals surface area contributed by atoms with E-state index < -0.39 is 17.8 Å². The fourth-order valence-electron chi connectivity index (χ4n) is 3.14. The van der Waals surface area contributed by atoms with Crippen LogP contribution in [0.15, 0.2) is 48.3 Å². The first-order valence-corrected chi connectivity index (χ1v) is 9.24. The SMILES string of the molecule is CCN(CC)c1ccc(C=C2C(=O)NC(=O)N(c3cccnc3)C2=O)c(OC)c1. The Morgan fingerprint density at radius 1 is 1.17 bits per heavy atom. The van der Waals surface area contributed by atoms with E-state index in [9.17, 15) is 14.4 Å². The van der Waals surface area contributed by atoms with Crippen LogP contribution in [-0.4, -0.2) is 43.0 Å². The van der Waals surface area contributed by atoms with Gasteiger partial charge in [0.15, 0.2) is 0 Å². The molecule has 0 atom stereocenters. The van der Waals surface area contributed by atoms with Crippen LogP contribution in [0.5, 0.6) is 5.75 Å². The number of hydrogen-bond donors (Lipinski definition) is 1. The number of nitrogens with one attached hydrogen (secondary N) is 1. The lowest BCUT2D eigenvalue weighted by Crippen LogP contribution is -2.54. The summed E-state index contributed by atoms with van der Waals surface area (Å²) in [7, 11) is 1.53. The highest BCUT2D eigenvalue weighted by Gasteiger charge is 2.37. The third-order valence-electron chi connectivity index (χ3n) is 4.65. The van der Waals surface area contributed by atoms with Gasteiger partial charge in [-0.25, -0.2) is 9.69 Å². The number of amides is 4. The van der Waals surface area contributed by atoms with Crippen molar-refractivity contribution in [2.75, 3.05) is 30.0 Å². The van der Waals surface area contributed by atoms with Crippen molar-refractivity contribution in [1.29, 1.82) is 0 Å². The number of imide groups is 2. The Labute approximate surface area is 168 Å². The molecule has 2 aromatic rings. The summed E-state index contributed by atoms with van der Waals surface area (Å²) in [6, 6.07) is 7.90. The molecule has 8 heteroatoms. The summed E-state index contributed by atoms with van der Waals surface area (Å²) in [4.78, 5) is 44.4. The van der Waals surface area contributed by atoms with Gasteiger partial charge in [-0.15, -0.1) is 0 Å². The maximum absolute atomic E-state index is 12.9. The van der Waals surface area contributed by atoms with E-state index in [1.807, 2.05) is 12.1 Å². The molecule has 0 unspecified atom stereocenters. The predicted molar refractivity (Wildman–Crippen MR) is 110 cm³/mol. The smallest absolute Gasteiger partial charge is 0.336 e. The third kappa shape index (κ3) is 3.96. The minimum absolute atomic E-state index is 0.164. The van der Waals surface area contributed by atoms with Crippen LogP contribution in [0.3, 0.4) is 0 Å². The Morgan fingerprint density at radius 3 is 2.55 bits per heavy atom. The van der Waals surface area contributed by atoms with Gasteiger partial charge in [-0.05, 0) is 44.2 Å². The van der Waals surface area contributed by atoms with Crippen molar-refractivity contribution >= 4 is 35.3 Å². The average Bonchev–Trinajstić information content (AvgIpc) is 2.73. The Bertz CT molecular complexity index is 968. The number of carbonyl (C=O) groups excluding carboxylic acids is 3. The molecule has 1 fully saturated rings. The number of rotatable bonds is 6. The lowest BCUT2D eigenvalue weighted by Gasteiger charge is -2.26. The Kier molecular flexibility index (Phi) is 5.92. The predicted octanol–water partition coefficient (Wildman–Crippen LogP) is 2.60. The molecule has 1 aliphatic heterocycles. The van der Waals surface area contributed by atoms with Gasteiger partial charge in [-0.3, -0.25) is 19.9 Å². The molecule has 1 aromatic carbocycles. The van der Waals surface area contributed by atoms with Gasteiger partial charge in [0.25, 0.3) is 11.8 Å². The highest BCUT2D eigenvalue weighted by atomic mass is 16.5. The summed E-state index contributed by atoms with van der Waals surface area (Å²) >= 11 is 0. The maximum Gasteiger partial charge on any atom is 0.336 e. The fraction of sp³-hybridized carbons (Fsp3) is 0.238. The van der Waals surface area contributed by atoms with Crippen LogP contribution in [0.4, 0.5) is 16.2 Å². The number of pyridine rings is 1. The summed E-state index contributed by atoms with van der Waals surface area (Å²) in [6.07, 6.45) is 4.34. The highest BCUT2D eigenvalue weighted by molar-refractivity contribution is 6.39. The van der Waals surface area contributed by atoms with Gasteiger partial charge >= 0.3 is 6.03 Å². The summed E-state index contributed by atoms with van der Waals surface area (Å²) in [6.45, 7) is 5.79. The number of hydrogen-bond acceptors (Lipinski definition) is 6. The fourth-order valence-corrected chi connectivity index (χ4v) is 3.14. The van der Waals surface area contributed by atoms with Crippen molar-refractivity contribution in [2.45, 2.75) is 13.8 Å². The summed E-state index contributed by atoms with van der Waals surface area (Å²) in [5.41, 5.74) is 1.64. The van der Waals surface area contributed by atoms with E-state index in [1.54, 1.807) is 18.2 Å². The van der Waals surface area contributed by atoms with E-state index in [4.69, 9.17) is 4.74 Å². The van der Waals surface area contributed by atoms with E-state index in [0.717, 1.165) is 23.7 Å². The number of urea groups is 1. The van der Waals surface area contributed by atoms with E-state index in [2.05, 4.69) is 29.0 Å². The van der Waals surface area contributed by atoms with Crippen LogP contribution in [0.25, 0.3) is 6.08 Å². The van der Waals surface area contributed by atoms with Gasteiger partial charge < -0.3 is 9.64 Å². The number of ether oxygens (including phenoxy) is 1. The molecule has 29 heavy (non-hydrogen) atoms. The second-order valence-corrected chi connectivity index (χ2v) is 6.27. The van der Waals surface area contributed by atoms with Crippen molar-refractivity contribution in [3.8, 4) is 5.75 Å². The van der Waals surface area contributed by atoms with Crippen LogP contribution >= 0.6 is 0 Å². The highest BCUT2D eigenvalue weighted by Crippen LogP contribution is 2.29. The molecule has 150 valence electrons. The quantitative estimate of drug-likeness (QED) is 0.598. The standard InChI is InChI=1S/C21H22N4O4/c1-4-24(5-2)15-9-8-14(18(12-15)29-3)11-17-19(26)23-21(28)25(20(17)27)16-7-6-10-22-13-16/h6-13H,4-5H2,1-3H3,(H,23,26,28). The Balaban J connectivity index is 2.01. The summed E-state index contributed by atoms with van der Waals surface area (Å²) in [5, 5.41) is 2.20. The lowest BCUT2D eigenvalue weighted by atomic mass is 10.1. The van der Waals surface area contributed by atoms with Crippen LogP contribution in [0.1, 0.15) is 19.4 Å². The lowest BCUT2D eigenvalue weighted by molar-refractivity contribution is -0.122. The number of benzene rings is 1. The summed E-state index contributed by atoms with van der Waals surface area (Å²) in [5.74, 6) is -0.955. The van der Waals surface area contributed by atoms with Crippen molar-refractivity contribution in [3.63, 3.8) is 0 Å². The van der Waals surface area contributed by atoms with Crippen LogP contribution < -0.4 is 19.9 Å². The van der Waals surface area contributed by atoms with Crippen molar-refractivity contribution < 1.29 is 19.1 Å². The van der Waals surface area contributed by atoms with Gasteiger partial charge in [0, 0.05) is 36.6 Å². The second-order valence-electron chi connectivity index (χ2n) is 6.27. The Hall–Kier alpha value is -3.68. The largest absolute Gasteiger partial charge is 0.496 e. The first kappa shape index (κ1) is 20.1. The summed E-state index contributed by atoms with van der Waals surface area (Å²) < 4.78 is 5.46. The minimum atomic E-state index is -0.811. The van der Waals surface area contributed by atoms with Crippen molar-refractivity contribution in [2.24, 2.45) is 0 Å². The number of barbiturate groups is 1. The molecule has 0 bridgehead atoms. The van der Waals surface area contributed by atoms with Crippen LogP contribution in [0, 0.1) is 0 Å². The second kappa shape index (κ2) is 8.55. The molecule has 3 rings (SSSR count). The average molecular weight is 394 g/mol. The molecule has 1 N–H and O–H groups in total. The third-order valence-corrected chi connectivity index (χ3v) is 4.65. The van der Waals surface area contributed by atoms with E-state index in [0.29, 0.717) is 11.3 Å². The molecule has 1 aliphatic rings. The first-order chi connectivity index (χ1) is 14.0. The Morgan fingerprint density at radius 2 is 1.93 bits per heavy atom. The van der Waals surface area contributed by atoms with Crippen molar-refractivity contribution in [1.82, 2.24) is 10.3 Å². The molecule has 0 radical (unpaired) electrons. The number of anilines is 2. The van der Waals surface area contributed by atoms with Gasteiger partial charge in [0.2, 0.25) is 0 Å². The molecule has 0 saturated carbocycles. The molecular formula is C21H22N4O4. The zero-order valence-electron chi connectivity index (χ0n) is 16.5. The van der Waals surface area contributed by atoms with E-state index in [1.165, 1.54) is 25.6 Å². The number of nitrogens with zero attached hydrogens (tertiary/aromatic N) is 3. The first-order valence-electron chi connectivity index (χ1n) is 9.24. The molecule has 4 amide bonds. The van der Waals surface area contributed by atoms with Gasteiger partial charge in [0.1, 0.15) is 11.3 Å². The van der Waals surface area contributed by atoms with Crippen LogP contribution in [0.2, 0.25) is 0 Å². The van der Waals surface area contributed by atoms with E-state index >= 15 is 0 Å². The minimum Gasteiger partial charge on any atom is -0.496 e. The number of methoxy groups -OCH3 is 1. The molecule has 0 aliphatic carbocycles. The van der Waals surface area contributed by atoms with Gasteiger partial charge in [-0.2, -0.15) is 0 Å². The zero-order valence-corrected chi connectivity index (χ0v) is 16.5. The zero-order chi connectivity index (χ0) is 21.0. The van der Waals surface area contributed by atoms with Crippen LogP contribution in [-0.2, 0) is 9.59 Å². The topological polar surface area (TPSA) is 91.8 Å². The molecule has 8 nitrogen and oxygen atoms in total. The number of aromatic nitrogens is 1. The molecule has 1 saturated heterocycles. The normalized spacial score (nSPS) is 15.5. The van der Waals surface area contributed by atoms with Gasteiger partial charge in [0.05, 0.1) is 19.0 Å². The van der Waals surface area contributed by atoms with E-state index in [-0.39, 0.29) is 11.3 Å². The monoisotopic (exact) mass is 394 g/mol. The van der Waals surface area contributed by atoms with Crippen molar-refractivity contribution in [3.05, 3.63) is 53.9 Å². The number of carbonyl (C=O) groups is 3. The molecule has 2 heterocycles.